The number of rotatable bonds is 7. The molecular formula is C25H23N5O6. The predicted molar refractivity (Wildman–Crippen MR) is 132 cm³/mol. The van der Waals surface area contributed by atoms with E-state index in [9.17, 15) is 24.5 Å². The molecule has 0 radical (unpaired) electrons. The number of carbonyl (C=O) groups is 3. The van der Waals surface area contributed by atoms with Gasteiger partial charge in [-0.05, 0) is 55.8 Å². The van der Waals surface area contributed by atoms with E-state index in [1.54, 1.807) is 42.5 Å². The first-order valence-electron chi connectivity index (χ1n) is 10.9. The van der Waals surface area contributed by atoms with Gasteiger partial charge < -0.3 is 19.9 Å². The van der Waals surface area contributed by atoms with Crippen LogP contribution in [0.1, 0.15) is 17.0 Å². The van der Waals surface area contributed by atoms with Crippen molar-refractivity contribution in [3.05, 3.63) is 87.4 Å². The largest absolute Gasteiger partial charge is 0.495 e. The van der Waals surface area contributed by atoms with E-state index < -0.39 is 29.3 Å². The van der Waals surface area contributed by atoms with Gasteiger partial charge in [0, 0.05) is 29.2 Å². The number of para-hydroxylation sites is 2. The molecule has 2 heterocycles. The molecule has 1 fully saturated rings. The highest BCUT2D eigenvalue weighted by molar-refractivity contribution is 6.16. The van der Waals surface area contributed by atoms with Crippen molar-refractivity contribution in [2.24, 2.45) is 0 Å². The Kier molecular flexibility index (Phi) is 6.55. The van der Waals surface area contributed by atoms with Crippen LogP contribution in [0, 0.1) is 24.0 Å². The topological polar surface area (TPSA) is 136 Å². The highest BCUT2D eigenvalue weighted by atomic mass is 16.6. The molecule has 1 aliphatic heterocycles. The number of nitrogens with zero attached hydrogens (tertiary/aromatic N) is 3. The number of benzene rings is 2. The van der Waals surface area contributed by atoms with Crippen LogP contribution in [0.2, 0.25) is 0 Å². The fraction of sp³-hybridized carbons (Fsp3) is 0.160. The Morgan fingerprint density at radius 3 is 2.50 bits per heavy atom. The van der Waals surface area contributed by atoms with Gasteiger partial charge in [0.05, 0.1) is 17.7 Å². The summed E-state index contributed by atoms with van der Waals surface area (Å²) < 4.78 is 7.08. The smallest absolute Gasteiger partial charge is 0.329 e. The van der Waals surface area contributed by atoms with Gasteiger partial charge >= 0.3 is 6.03 Å². The molecule has 0 unspecified atom stereocenters. The Labute approximate surface area is 206 Å². The first-order chi connectivity index (χ1) is 17.2. The van der Waals surface area contributed by atoms with Crippen LogP contribution in [-0.4, -0.2) is 45.9 Å². The summed E-state index contributed by atoms with van der Waals surface area (Å²) in [4.78, 5) is 49.2. The number of nitro benzene ring substituents is 1. The fourth-order valence-electron chi connectivity index (χ4n) is 4.01. The van der Waals surface area contributed by atoms with Crippen LogP contribution in [0.4, 0.5) is 16.2 Å². The zero-order chi connectivity index (χ0) is 26.0. The Balaban J connectivity index is 1.53. The molecule has 11 heteroatoms. The summed E-state index contributed by atoms with van der Waals surface area (Å²) >= 11 is 0. The maximum Gasteiger partial charge on any atom is 0.329 e. The molecule has 1 saturated heterocycles. The second-order valence-corrected chi connectivity index (χ2v) is 8.06. The molecule has 2 N–H and O–H groups in total. The molecule has 184 valence electrons. The molecule has 0 bridgehead atoms. The SMILES string of the molecule is COc1ccccc1NC(=O)CN1C(=O)N/C(=C\c2cc(C)n(-c3ccc([N+](=O)[O-])cc3)c2C)C1=O. The number of imide groups is 1. The molecule has 0 atom stereocenters. The quantitative estimate of drug-likeness (QED) is 0.226. The van der Waals surface area contributed by atoms with Gasteiger partial charge in [0.1, 0.15) is 18.0 Å². The van der Waals surface area contributed by atoms with E-state index >= 15 is 0 Å². The number of hydrogen-bond acceptors (Lipinski definition) is 6. The van der Waals surface area contributed by atoms with Crippen molar-refractivity contribution in [2.45, 2.75) is 13.8 Å². The predicted octanol–water partition coefficient (Wildman–Crippen LogP) is 3.54. The van der Waals surface area contributed by atoms with Gasteiger partial charge in [-0.1, -0.05) is 12.1 Å². The number of carbonyl (C=O) groups excluding carboxylic acids is 3. The average Bonchev–Trinajstić information content (AvgIpc) is 3.28. The normalized spacial score (nSPS) is 14.2. The lowest BCUT2D eigenvalue weighted by Gasteiger charge is -2.13. The molecule has 0 spiro atoms. The minimum atomic E-state index is -0.703. The Morgan fingerprint density at radius 1 is 1.14 bits per heavy atom. The first-order valence-corrected chi connectivity index (χ1v) is 10.9. The van der Waals surface area contributed by atoms with Crippen LogP contribution in [0.3, 0.4) is 0 Å². The van der Waals surface area contributed by atoms with E-state index in [1.165, 1.54) is 19.2 Å². The van der Waals surface area contributed by atoms with Crippen molar-refractivity contribution in [1.82, 2.24) is 14.8 Å². The lowest BCUT2D eigenvalue weighted by atomic mass is 10.2. The Morgan fingerprint density at radius 2 is 1.83 bits per heavy atom. The summed E-state index contributed by atoms with van der Waals surface area (Å²) in [6.45, 7) is 3.22. The first kappa shape index (κ1) is 24.2. The Hall–Kier alpha value is -4.93. The van der Waals surface area contributed by atoms with Crippen LogP contribution < -0.4 is 15.4 Å². The maximum atomic E-state index is 12.9. The van der Waals surface area contributed by atoms with Gasteiger partial charge in [-0.3, -0.25) is 19.7 Å². The summed E-state index contributed by atoms with van der Waals surface area (Å²) in [6.07, 6.45) is 1.54. The highest BCUT2D eigenvalue weighted by Gasteiger charge is 2.35. The van der Waals surface area contributed by atoms with Gasteiger partial charge in [0.25, 0.3) is 11.6 Å². The number of non-ortho nitro benzene ring substituents is 1. The molecule has 1 aromatic heterocycles. The molecule has 0 saturated carbocycles. The van der Waals surface area contributed by atoms with Crippen LogP contribution in [0.15, 0.2) is 60.3 Å². The summed E-state index contributed by atoms with van der Waals surface area (Å²) in [5.41, 5.74) is 3.44. The number of methoxy groups -OCH3 is 1. The molecular weight excluding hydrogens is 466 g/mol. The van der Waals surface area contributed by atoms with Crippen molar-refractivity contribution in [1.29, 1.82) is 0 Å². The second kappa shape index (κ2) is 9.74. The molecule has 0 aliphatic carbocycles. The molecule has 3 aromatic rings. The maximum absolute atomic E-state index is 12.9. The third-order valence-corrected chi connectivity index (χ3v) is 5.73. The molecule has 36 heavy (non-hydrogen) atoms. The number of aromatic nitrogens is 1. The number of aryl methyl sites for hydroxylation is 1. The number of urea groups is 1. The van der Waals surface area contributed by atoms with E-state index in [1.807, 2.05) is 24.5 Å². The van der Waals surface area contributed by atoms with Crippen molar-refractivity contribution in [3.63, 3.8) is 0 Å². The summed E-state index contributed by atoms with van der Waals surface area (Å²) in [5, 5.41) is 16.1. The number of ether oxygens (including phenoxy) is 1. The number of hydrogen-bond donors (Lipinski definition) is 2. The van der Waals surface area contributed by atoms with Gasteiger partial charge in [-0.15, -0.1) is 0 Å². The third kappa shape index (κ3) is 4.67. The lowest BCUT2D eigenvalue weighted by molar-refractivity contribution is -0.384. The summed E-state index contributed by atoms with van der Waals surface area (Å²) in [7, 11) is 1.47. The minimum Gasteiger partial charge on any atom is -0.495 e. The van der Waals surface area contributed by atoms with Gasteiger partial charge in [-0.2, -0.15) is 0 Å². The molecule has 4 rings (SSSR count). The van der Waals surface area contributed by atoms with E-state index in [4.69, 9.17) is 4.74 Å². The zero-order valence-corrected chi connectivity index (χ0v) is 19.8. The van der Waals surface area contributed by atoms with Crippen molar-refractivity contribution in [3.8, 4) is 11.4 Å². The number of anilines is 1. The van der Waals surface area contributed by atoms with Gasteiger partial charge in [-0.25, -0.2) is 9.69 Å². The number of nitrogens with one attached hydrogen (secondary N) is 2. The molecule has 1 aliphatic rings. The van der Waals surface area contributed by atoms with Crippen LogP contribution >= 0.6 is 0 Å². The molecule has 11 nitrogen and oxygen atoms in total. The lowest BCUT2D eigenvalue weighted by Crippen LogP contribution is -2.38. The third-order valence-electron chi connectivity index (χ3n) is 5.73. The molecule has 2 aromatic carbocycles. The van der Waals surface area contributed by atoms with Crippen LogP contribution in [-0.2, 0) is 9.59 Å². The monoisotopic (exact) mass is 489 g/mol. The van der Waals surface area contributed by atoms with E-state index in [0.717, 1.165) is 22.0 Å². The van der Waals surface area contributed by atoms with Crippen molar-refractivity contribution >= 4 is 35.3 Å². The minimum absolute atomic E-state index is 0.0161. The second-order valence-electron chi connectivity index (χ2n) is 8.06. The average molecular weight is 489 g/mol. The highest BCUT2D eigenvalue weighted by Crippen LogP contribution is 2.26. The summed E-state index contributed by atoms with van der Waals surface area (Å²) in [6, 6.07) is 14.0. The number of nitro groups is 1. The molecule has 4 amide bonds. The van der Waals surface area contributed by atoms with E-state index in [0.29, 0.717) is 17.0 Å². The Bertz CT molecular complexity index is 1410. The summed E-state index contributed by atoms with van der Waals surface area (Å²) in [5.74, 6) is -0.733. The van der Waals surface area contributed by atoms with Crippen molar-refractivity contribution < 1.29 is 24.0 Å². The van der Waals surface area contributed by atoms with Crippen molar-refractivity contribution in [2.75, 3.05) is 19.0 Å². The van der Waals surface area contributed by atoms with Crippen LogP contribution in [0.25, 0.3) is 11.8 Å². The van der Waals surface area contributed by atoms with Gasteiger partial charge in [0.15, 0.2) is 0 Å². The van der Waals surface area contributed by atoms with Gasteiger partial charge in [0.2, 0.25) is 5.91 Å². The zero-order valence-electron chi connectivity index (χ0n) is 19.8. The van der Waals surface area contributed by atoms with E-state index in [2.05, 4.69) is 10.6 Å². The van der Waals surface area contributed by atoms with Crippen LogP contribution in [0.5, 0.6) is 5.75 Å². The standard InChI is InChI=1S/C25H23N5O6/c1-15-12-17(16(2)29(15)18-8-10-19(11-9-18)30(34)35)13-21-24(32)28(25(33)27-21)14-23(31)26-20-6-4-5-7-22(20)36-3/h4-13H,14H2,1-3H3,(H,26,31)(H,27,33)/b21-13-. The number of amides is 4. The fourth-order valence-corrected chi connectivity index (χ4v) is 4.01. The van der Waals surface area contributed by atoms with E-state index in [-0.39, 0.29) is 11.4 Å².